The van der Waals surface area contributed by atoms with Crippen molar-refractivity contribution in [1.82, 2.24) is 20.1 Å². The van der Waals surface area contributed by atoms with Crippen LogP contribution in [-0.2, 0) is 11.3 Å². The van der Waals surface area contributed by atoms with Gasteiger partial charge in [0.1, 0.15) is 11.5 Å². The van der Waals surface area contributed by atoms with Gasteiger partial charge in [-0.25, -0.2) is 0 Å². The van der Waals surface area contributed by atoms with Gasteiger partial charge >= 0.3 is 0 Å². The summed E-state index contributed by atoms with van der Waals surface area (Å²) in [4.78, 5) is 18.9. The molecule has 1 aliphatic heterocycles. The zero-order chi connectivity index (χ0) is 18.6. The van der Waals surface area contributed by atoms with Crippen LogP contribution in [0.4, 0.5) is 0 Å². The molecule has 1 saturated heterocycles. The average Bonchev–Trinajstić information content (AvgIpc) is 3.36. The fourth-order valence-corrected chi connectivity index (χ4v) is 3.24. The van der Waals surface area contributed by atoms with Crippen LogP contribution in [0.2, 0.25) is 0 Å². The van der Waals surface area contributed by atoms with Crippen molar-refractivity contribution in [3.8, 4) is 11.5 Å². The first-order valence-electron chi connectivity index (χ1n) is 9.12. The maximum atomic E-state index is 12.8. The minimum Gasteiger partial charge on any atom is -0.460 e. The molecule has 1 amide bonds. The minimum absolute atomic E-state index is 0.0100. The predicted molar refractivity (Wildman–Crippen MR) is 99.0 cm³/mol. The second-order valence-electron chi connectivity index (χ2n) is 6.72. The fraction of sp³-hybridized carbons (Fsp3) is 0.350. The van der Waals surface area contributed by atoms with Crippen LogP contribution in [0.15, 0.2) is 47.0 Å². The lowest BCUT2D eigenvalue weighted by molar-refractivity contribution is -0.00801. The maximum absolute atomic E-state index is 12.8. The molecule has 4 rings (SSSR count). The first-order valence-corrected chi connectivity index (χ1v) is 9.12. The highest BCUT2D eigenvalue weighted by Crippen LogP contribution is 2.22. The van der Waals surface area contributed by atoms with Gasteiger partial charge in [-0.3, -0.25) is 14.9 Å². The number of aromatic nitrogens is 3. The second kappa shape index (κ2) is 7.75. The Morgan fingerprint density at radius 3 is 3.07 bits per heavy atom. The summed E-state index contributed by atoms with van der Waals surface area (Å²) < 4.78 is 11.5. The van der Waals surface area contributed by atoms with Crippen molar-refractivity contribution in [3.05, 3.63) is 59.7 Å². The molecule has 4 heterocycles. The Balaban J connectivity index is 1.38. The van der Waals surface area contributed by atoms with E-state index in [1.54, 1.807) is 17.2 Å². The second-order valence-corrected chi connectivity index (χ2v) is 6.72. The van der Waals surface area contributed by atoms with E-state index in [9.17, 15) is 4.79 Å². The molecule has 0 radical (unpaired) electrons. The van der Waals surface area contributed by atoms with E-state index in [1.165, 1.54) is 0 Å². The van der Waals surface area contributed by atoms with Gasteiger partial charge in [0.15, 0.2) is 11.5 Å². The van der Waals surface area contributed by atoms with Crippen molar-refractivity contribution >= 4 is 5.91 Å². The molecule has 7 heteroatoms. The molecular formula is C20H22N4O3. The molecule has 3 aromatic heterocycles. The lowest BCUT2D eigenvalue weighted by Crippen LogP contribution is -2.43. The number of carbonyl (C=O) groups is 1. The number of hydrogen-bond donors (Lipinski definition) is 1. The van der Waals surface area contributed by atoms with Crippen molar-refractivity contribution in [2.45, 2.75) is 32.5 Å². The summed E-state index contributed by atoms with van der Waals surface area (Å²) >= 11 is 0. The Morgan fingerprint density at radius 1 is 1.37 bits per heavy atom. The SMILES string of the molecule is Cc1ccc(-c2cc(C(=O)N3CCC[C@H](OCc4ccccn4)C3)n[nH]2)o1. The monoisotopic (exact) mass is 366 g/mol. The van der Waals surface area contributed by atoms with Crippen LogP contribution in [0, 0.1) is 6.92 Å². The molecule has 27 heavy (non-hydrogen) atoms. The smallest absolute Gasteiger partial charge is 0.274 e. The Bertz CT molecular complexity index is 903. The number of H-pyrrole nitrogens is 1. The van der Waals surface area contributed by atoms with E-state index >= 15 is 0 Å². The predicted octanol–water partition coefficient (Wildman–Crippen LogP) is 3.19. The van der Waals surface area contributed by atoms with E-state index in [0.717, 1.165) is 24.3 Å². The van der Waals surface area contributed by atoms with Crippen molar-refractivity contribution in [3.63, 3.8) is 0 Å². The van der Waals surface area contributed by atoms with Gasteiger partial charge in [0, 0.05) is 25.4 Å². The Kier molecular flexibility index (Phi) is 5.02. The maximum Gasteiger partial charge on any atom is 0.274 e. The van der Waals surface area contributed by atoms with Gasteiger partial charge in [0.05, 0.1) is 18.4 Å². The van der Waals surface area contributed by atoms with Crippen molar-refractivity contribution in [1.29, 1.82) is 0 Å². The number of aromatic amines is 1. The summed E-state index contributed by atoms with van der Waals surface area (Å²) in [6.07, 6.45) is 3.61. The first-order chi connectivity index (χ1) is 13.2. The van der Waals surface area contributed by atoms with Crippen LogP contribution in [0.25, 0.3) is 11.5 Å². The lowest BCUT2D eigenvalue weighted by atomic mass is 10.1. The summed E-state index contributed by atoms with van der Waals surface area (Å²) in [5.74, 6) is 1.40. The Morgan fingerprint density at radius 2 is 2.30 bits per heavy atom. The molecule has 1 aliphatic rings. The molecule has 1 fully saturated rings. The van der Waals surface area contributed by atoms with Gasteiger partial charge in [0.25, 0.3) is 5.91 Å². The Labute approximate surface area is 157 Å². The summed E-state index contributed by atoms with van der Waals surface area (Å²) in [7, 11) is 0. The van der Waals surface area contributed by atoms with E-state index < -0.39 is 0 Å². The third-order valence-corrected chi connectivity index (χ3v) is 4.66. The third-order valence-electron chi connectivity index (χ3n) is 4.66. The molecule has 3 aromatic rings. The summed E-state index contributed by atoms with van der Waals surface area (Å²) in [6.45, 7) is 3.61. The lowest BCUT2D eigenvalue weighted by Gasteiger charge is -2.32. The molecule has 140 valence electrons. The van der Waals surface area contributed by atoms with Crippen molar-refractivity contribution < 1.29 is 13.9 Å². The average molecular weight is 366 g/mol. The molecule has 0 bridgehead atoms. The van der Waals surface area contributed by atoms with Gasteiger partial charge in [-0.1, -0.05) is 6.07 Å². The summed E-state index contributed by atoms with van der Waals surface area (Å²) in [6, 6.07) is 11.2. The molecular weight excluding hydrogens is 344 g/mol. The molecule has 0 aliphatic carbocycles. The quantitative estimate of drug-likeness (QED) is 0.750. The molecule has 0 saturated carbocycles. The minimum atomic E-state index is -0.0908. The van der Waals surface area contributed by atoms with Crippen LogP contribution in [-0.4, -0.2) is 45.2 Å². The highest BCUT2D eigenvalue weighted by atomic mass is 16.5. The zero-order valence-electron chi connectivity index (χ0n) is 15.2. The molecule has 1 atom stereocenters. The van der Waals surface area contributed by atoms with Crippen LogP contribution in [0.3, 0.4) is 0 Å². The van der Waals surface area contributed by atoms with Gasteiger partial charge in [0.2, 0.25) is 0 Å². The number of carbonyl (C=O) groups excluding carboxylic acids is 1. The van der Waals surface area contributed by atoms with Gasteiger partial charge in [-0.15, -0.1) is 0 Å². The standard InChI is InChI=1S/C20H22N4O3/c1-14-7-8-19(27-14)17-11-18(23-22-17)20(25)24-10-4-6-16(12-24)26-13-15-5-2-3-9-21-15/h2-3,5,7-9,11,16H,4,6,10,12-13H2,1H3,(H,22,23)/t16-/m0/s1. The third kappa shape index (κ3) is 4.09. The van der Waals surface area contributed by atoms with Crippen LogP contribution in [0.1, 0.15) is 34.8 Å². The summed E-state index contributed by atoms with van der Waals surface area (Å²) in [5, 5.41) is 7.05. The molecule has 0 spiro atoms. The Hall–Kier alpha value is -2.93. The first kappa shape index (κ1) is 17.5. The van der Waals surface area contributed by atoms with E-state index in [0.29, 0.717) is 36.8 Å². The fourth-order valence-electron chi connectivity index (χ4n) is 3.24. The van der Waals surface area contributed by atoms with Crippen LogP contribution >= 0.6 is 0 Å². The van der Waals surface area contributed by atoms with Gasteiger partial charge in [-0.2, -0.15) is 5.10 Å². The highest BCUT2D eigenvalue weighted by Gasteiger charge is 2.26. The normalized spacial score (nSPS) is 17.2. The van der Waals surface area contributed by atoms with E-state index in [2.05, 4.69) is 15.2 Å². The number of aryl methyl sites for hydroxylation is 1. The van der Waals surface area contributed by atoms with E-state index in [1.807, 2.05) is 37.3 Å². The van der Waals surface area contributed by atoms with E-state index in [-0.39, 0.29) is 12.0 Å². The molecule has 0 unspecified atom stereocenters. The number of nitrogens with one attached hydrogen (secondary N) is 1. The van der Waals surface area contributed by atoms with Crippen LogP contribution in [0.5, 0.6) is 0 Å². The number of nitrogens with zero attached hydrogens (tertiary/aromatic N) is 3. The largest absolute Gasteiger partial charge is 0.460 e. The number of amides is 1. The van der Waals surface area contributed by atoms with Crippen LogP contribution < -0.4 is 0 Å². The summed E-state index contributed by atoms with van der Waals surface area (Å²) in [5.41, 5.74) is 1.99. The number of rotatable bonds is 5. The number of ether oxygens (including phenoxy) is 1. The van der Waals surface area contributed by atoms with Gasteiger partial charge < -0.3 is 14.1 Å². The number of furan rings is 1. The van der Waals surface area contributed by atoms with Gasteiger partial charge in [-0.05, 0) is 44.0 Å². The zero-order valence-corrected chi connectivity index (χ0v) is 15.2. The topological polar surface area (TPSA) is 84.3 Å². The molecule has 0 aromatic carbocycles. The highest BCUT2D eigenvalue weighted by molar-refractivity contribution is 5.93. The number of pyridine rings is 1. The van der Waals surface area contributed by atoms with Crippen molar-refractivity contribution in [2.24, 2.45) is 0 Å². The van der Waals surface area contributed by atoms with Crippen molar-refractivity contribution in [2.75, 3.05) is 13.1 Å². The number of hydrogen-bond acceptors (Lipinski definition) is 5. The number of likely N-dealkylation sites (tertiary alicyclic amines) is 1. The molecule has 7 nitrogen and oxygen atoms in total. The molecule has 1 N–H and O–H groups in total. The number of piperidine rings is 1. The van der Waals surface area contributed by atoms with E-state index in [4.69, 9.17) is 9.15 Å².